The van der Waals surface area contributed by atoms with Gasteiger partial charge >= 0.3 is 0 Å². The molecule has 0 amide bonds. The van der Waals surface area contributed by atoms with Crippen molar-refractivity contribution < 1.29 is 0 Å². The molecule has 0 aromatic carbocycles. The topological polar surface area (TPSA) is 132 Å². The summed E-state index contributed by atoms with van der Waals surface area (Å²) < 4.78 is 0. The lowest BCUT2D eigenvalue weighted by Crippen LogP contribution is -2.25. The van der Waals surface area contributed by atoms with Crippen molar-refractivity contribution in [2.75, 3.05) is 18.1 Å². The van der Waals surface area contributed by atoms with Gasteiger partial charge in [0.15, 0.2) is 0 Å². The van der Waals surface area contributed by atoms with E-state index in [2.05, 4.69) is 34.1 Å². The summed E-state index contributed by atoms with van der Waals surface area (Å²) >= 11 is 0. The zero-order valence-corrected chi connectivity index (χ0v) is 15.6. The van der Waals surface area contributed by atoms with Crippen molar-refractivity contribution >= 4 is 33.9 Å². The largest absolute Gasteiger partial charge is 0.403 e. The third-order valence-electron chi connectivity index (χ3n) is 4.25. The maximum absolute atomic E-state index is 6.09. The summed E-state index contributed by atoms with van der Waals surface area (Å²) in [6.07, 6.45) is 4.87. The summed E-state index contributed by atoms with van der Waals surface area (Å²) in [7, 11) is 1.69. The number of nitrogens with two attached hydrogens (primary N) is 3. The molecule has 0 aliphatic carbocycles. The number of fused-ring (bicyclic) bond motifs is 1. The van der Waals surface area contributed by atoms with Gasteiger partial charge in [0.25, 0.3) is 0 Å². The summed E-state index contributed by atoms with van der Waals surface area (Å²) in [5, 5.41) is 6.26. The predicted molar refractivity (Wildman–Crippen MR) is 110 cm³/mol. The van der Waals surface area contributed by atoms with Gasteiger partial charge in [-0.25, -0.2) is 20.8 Å². The number of hydrogen-bond donors (Lipinski definition) is 4. The van der Waals surface area contributed by atoms with E-state index in [1.54, 1.807) is 19.4 Å². The van der Waals surface area contributed by atoms with Gasteiger partial charge in [0.05, 0.1) is 11.4 Å². The van der Waals surface area contributed by atoms with Crippen LogP contribution >= 0.6 is 0 Å². The van der Waals surface area contributed by atoms with Crippen LogP contribution in [0.15, 0.2) is 42.9 Å². The molecule has 3 heterocycles. The predicted octanol–water partition coefficient (Wildman–Crippen LogP) is 2.54. The molecule has 0 bridgehead atoms. The van der Waals surface area contributed by atoms with Crippen molar-refractivity contribution in [2.45, 2.75) is 19.8 Å². The van der Waals surface area contributed by atoms with E-state index in [9.17, 15) is 0 Å². The number of nitrogen functional groups attached to an aromatic ring is 1. The Bertz CT molecular complexity index is 994. The highest BCUT2D eigenvalue weighted by atomic mass is 15.4. The van der Waals surface area contributed by atoms with Crippen LogP contribution in [-0.2, 0) is 0 Å². The van der Waals surface area contributed by atoms with E-state index in [-0.39, 0.29) is 0 Å². The van der Waals surface area contributed by atoms with E-state index in [4.69, 9.17) is 17.3 Å². The van der Waals surface area contributed by atoms with Crippen LogP contribution in [0.3, 0.4) is 0 Å². The van der Waals surface area contributed by atoms with Gasteiger partial charge in [0.1, 0.15) is 17.5 Å². The average Bonchev–Trinajstić information content (AvgIpc) is 2.62. The number of nitrogens with zero attached hydrogens (tertiary/aromatic N) is 4. The lowest BCUT2D eigenvalue weighted by atomic mass is 10.1. The first kappa shape index (κ1) is 18.4. The van der Waals surface area contributed by atoms with Crippen LogP contribution in [0.1, 0.15) is 31.0 Å². The number of hydrogen-bond acceptors (Lipinski definition) is 8. The van der Waals surface area contributed by atoms with E-state index in [1.165, 1.54) is 16.8 Å². The molecular formula is C19H24N8. The van der Waals surface area contributed by atoms with Crippen molar-refractivity contribution in [3.63, 3.8) is 0 Å². The Kier molecular flexibility index (Phi) is 5.09. The Hall–Kier alpha value is -3.39. The molecule has 0 fully saturated rings. The van der Waals surface area contributed by atoms with Gasteiger partial charge in [-0.3, -0.25) is 0 Å². The van der Waals surface area contributed by atoms with Crippen LogP contribution in [0.25, 0.3) is 16.5 Å². The fraction of sp³-hybridized carbons (Fsp3) is 0.211. The zero-order valence-electron chi connectivity index (χ0n) is 15.6. The lowest BCUT2D eigenvalue weighted by molar-refractivity contribution is 0.508. The molecule has 0 unspecified atom stereocenters. The van der Waals surface area contributed by atoms with Gasteiger partial charge < -0.3 is 21.8 Å². The van der Waals surface area contributed by atoms with Gasteiger partial charge in [-0.1, -0.05) is 13.8 Å². The van der Waals surface area contributed by atoms with E-state index in [1.807, 2.05) is 24.3 Å². The summed E-state index contributed by atoms with van der Waals surface area (Å²) in [6, 6.07) is 7.79. The van der Waals surface area contributed by atoms with Gasteiger partial charge in [-0.15, -0.1) is 0 Å². The first-order chi connectivity index (χ1) is 12.9. The standard InChI is InChI=1S/C19H24N8/c1-11(2)12-4-5-23-17(7-12)26-18-8-13-6-15(16(9-20)27(3)22)25-19(21)14(13)10-24-18/h4-11H,20,22H2,1-3H3,(H2,21,25)(H,23,24,26)/b16-9-. The van der Waals surface area contributed by atoms with Crippen molar-refractivity contribution in [3.05, 3.63) is 54.1 Å². The zero-order chi connectivity index (χ0) is 19.6. The summed E-state index contributed by atoms with van der Waals surface area (Å²) in [5.74, 6) is 7.99. The second-order valence-electron chi connectivity index (χ2n) is 6.60. The molecular weight excluding hydrogens is 340 g/mol. The summed E-state index contributed by atoms with van der Waals surface area (Å²) in [6.45, 7) is 4.28. The Morgan fingerprint density at radius 3 is 2.59 bits per heavy atom. The molecule has 27 heavy (non-hydrogen) atoms. The molecule has 3 rings (SSSR count). The quantitative estimate of drug-likeness (QED) is 0.401. The fourth-order valence-corrected chi connectivity index (χ4v) is 2.76. The highest BCUT2D eigenvalue weighted by Gasteiger charge is 2.11. The highest BCUT2D eigenvalue weighted by Crippen LogP contribution is 2.26. The number of rotatable bonds is 5. The minimum Gasteiger partial charge on any atom is -0.403 e. The minimum atomic E-state index is 0.364. The Morgan fingerprint density at radius 1 is 1.19 bits per heavy atom. The summed E-state index contributed by atoms with van der Waals surface area (Å²) in [4.78, 5) is 13.2. The minimum absolute atomic E-state index is 0.364. The molecule has 0 spiro atoms. The molecule has 8 heteroatoms. The monoisotopic (exact) mass is 364 g/mol. The number of nitrogens with one attached hydrogen (secondary N) is 1. The van der Waals surface area contributed by atoms with Crippen LogP contribution < -0.4 is 22.6 Å². The van der Waals surface area contributed by atoms with E-state index in [0.29, 0.717) is 28.9 Å². The first-order valence-electron chi connectivity index (χ1n) is 8.59. The molecule has 7 N–H and O–H groups in total. The number of aromatic nitrogens is 3. The van der Waals surface area contributed by atoms with E-state index >= 15 is 0 Å². The van der Waals surface area contributed by atoms with Gasteiger partial charge in [-0.05, 0) is 41.1 Å². The fourth-order valence-electron chi connectivity index (χ4n) is 2.76. The lowest BCUT2D eigenvalue weighted by Gasteiger charge is -2.16. The third kappa shape index (κ3) is 3.90. The van der Waals surface area contributed by atoms with Gasteiger partial charge in [0, 0.05) is 31.0 Å². The van der Waals surface area contributed by atoms with Crippen molar-refractivity contribution in [1.29, 1.82) is 0 Å². The molecule has 0 saturated heterocycles. The molecule has 3 aromatic heterocycles. The third-order valence-corrected chi connectivity index (χ3v) is 4.25. The van der Waals surface area contributed by atoms with Gasteiger partial charge in [-0.2, -0.15) is 0 Å². The molecule has 140 valence electrons. The molecule has 0 saturated carbocycles. The van der Waals surface area contributed by atoms with Crippen LogP contribution in [0.2, 0.25) is 0 Å². The molecule has 3 aromatic rings. The van der Waals surface area contributed by atoms with Crippen LogP contribution in [0.4, 0.5) is 17.5 Å². The first-order valence-corrected chi connectivity index (χ1v) is 8.59. The molecule has 0 aliphatic rings. The van der Waals surface area contributed by atoms with Crippen molar-refractivity contribution in [3.8, 4) is 0 Å². The Morgan fingerprint density at radius 2 is 1.93 bits per heavy atom. The highest BCUT2D eigenvalue weighted by molar-refractivity contribution is 5.93. The SMILES string of the molecule is CC(C)c1ccnc(Nc2cc3cc(/C(=C/N)N(C)N)nc(N)c3cn2)c1. The Balaban J connectivity index is 2.00. The van der Waals surface area contributed by atoms with Crippen LogP contribution in [-0.4, -0.2) is 27.0 Å². The van der Waals surface area contributed by atoms with Crippen LogP contribution in [0, 0.1) is 0 Å². The number of hydrazine groups is 1. The maximum atomic E-state index is 6.09. The summed E-state index contributed by atoms with van der Waals surface area (Å²) in [5.41, 5.74) is 14.1. The smallest absolute Gasteiger partial charge is 0.133 e. The average molecular weight is 364 g/mol. The van der Waals surface area contributed by atoms with Crippen LogP contribution in [0.5, 0.6) is 0 Å². The molecule has 0 aliphatic heterocycles. The van der Waals surface area contributed by atoms with Crippen molar-refractivity contribution in [1.82, 2.24) is 20.0 Å². The Labute approximate surface area is 158 Å². The second-order valence-corrected chi connectivity index (χ2v) is 6.60. The molecule has 0 radical (unpaired) electrons. The van der Waals surface area contributed by atoms with E-state index < -0.39 is 0 Å². The maximum Gasteiger partial charge on any atom is 0.133 e. The molecule has 0 atom stereocenters. The number of anilines is 3. The van der Waals surface area contributed by atoms with Crippen molar-refractivity contribution in [2.24, 2.45) is 11.6 Å². The molecule has 8 nitrogen and oxygen atoms in total. The van der Waals surface area contributed by atoms with Gasteiger partial charge in [0.2, 0.25) is 0 Å². The second kappa shape index (κ2) is 7.46. The van der Waals surface area contributed by atoms with E-state index in [0.717, 1.165) is 16.6 Å². The normalized spacial score (nSPS) is 11.8. The number of pyridine rings is 3.